The van der Waals surface area contributed by atoms with Crippen molar-refractivity contribution in [3.8, 4) is 17.2 Å². The van der Waals surface area contributed by atoms with Crippen LogP contribution in [0.5, 0.6) is 0 Å². The smallest absolute Gasteiger partial charge is 0.341 e. The Kier molecular flexibility index (Phi) is 5.92. The maximum atomic E-state index is 15.3. The summed E-state index contributed by atoms with van der Waals surface area (Å²) in [4.78, 5) is 37.5. The summed E-state index contributed by atoms with van der Waals surface area (Å²) >= 11 is 0. The molecule has 2 unspecified atom stereocenters. The number of piperidine rings is 1. The van der Waals surface area contributed by atoms with E-state index in [0.717, 1.165) is 38.2 Å². The first-order valence-corrected chi connectivity index (χ1v) is 13.9. The molecule has 3 N–H and O–H groups in total. The average molecular weight is 566 g/mol. The van der Waals surface area contributed by atoms with E-state index in [-0.39, 0.29) is 11.1 Å². The Morgan fingerprint density at radius 1 is 1.21 bits per heavy atom. The van der Waals surface area contributed by atoms with E-state index < -0.39 is 17.3 Å². The lowest BCUT2D eigenvalue weighted by atomic mass is 9.90. The molecule has 0 saturated carbocycles. The van der Waals surface area contributed by atoms with Crippen LogP contribution in [0.1, 0.15) is 28.8 Å². The number of aromatic carboxylic acids is 1. The van der Waals surface area contributed by atoms with Crippen LogP contribution in [0.4, 0.5) is 15.8 Å². The molecule has 42 heavy (non-hydrogen) atoms. The monoisotopic (exact) mass is 565 g/mol. The number of likely N-dealkylation sites (N-methyl/N-ethyl adjacent to an activating group) is 1. The number of benzene rings is 1. The second-order valence-corrected chi connectivity index (χ2v) is 11.2. The lowest BCUT2D eigenvalue weighted by Crippen LogP contribution is -2.47. The molecule has 5 aromatic rings. The number of nitrogens with zero attached hydrogens (tertiary/aromatic N) is 5. The standard InChI is InChI=1S/C31H28FN7O3/c1-34-23-11-22(32)20(12-33)25-26-28(38-10-8-16-7-9-37(2)24(16)15-38)21(13-35-29(26)36-27(23)25)17-3-4-18-5-6-19(31(41)42)30(40)39(18)14-17/h3-6,11,13-14,16,24,34H,7-10,15H2,1-2H3,(H,35,36)(H,41,42). The molecule has 2 fully saturated rings. The van der Waals surface area contributed by atoms with Gasteiger partial charge in [0.2, 0.25) is 0 Å². The third kappa shape index (κ3) is 3.75. The number of rotatable bonds is 4. The van der Waals surface area contributed by atoms with Crippen LogP contribution in [0, 0.1) is 23.1 Å². The lowest BCUT2D eigenvalue weighted by molar-refractivity contribution is 0.0694. The van der Waals surface area contributed by atoms with Gasteiger partial charge in [0, 0.05) is 66.7 Å². The highest BCUT2D eigenvalue weighted by atomic mass is 19.1. The highest BCUT2D eigenvalue weighted by molar-refractivity contribution is 6.19. The number of anilines is 2. The first-order chi connectivity index (χ1) is 20.3. The van der Waals surface area contributed by atoms with Crippen LogP contribution in [0.3, 0.4) is 0 Å². The first kappa shape index (κ1) is 26.0. The molecule has 2 atom stereocenters. The number of nitrogens with one attached hydrogen (secondary N) is 2. The number of H-pyrrole nitrogens is 1. The Balaban J connectivity index is 1.55. The number of carbonyl (C=O) groups is 1. The molecule has 0 spiro atoms. The molecule has 11 heteroatoms. The Morgan fingerprint density at radius 3 is 2.76 bits per heavy atom. The summed E-state index contributed by atoms with van der Waals surface area (Å²) in [6, 6.07) is 10.3. The number of aromatic nitrogens is 3. The Hall–Kier alpha value is -4.95. The van der Waals surface area contributed by atoms with Gasteiger partial charge < -0.3 is 25.2 Å². The topological polar surface area (TPSA) is 130 Å². The fourth-order valence-electron chi connectivity index (χ4n) is 6.90. The molecule has 212 valence electrons. The summed E-state index contributed by atoms with van der Waals surface area (Å²) in [6.45, 7) is 2.54. The Morgan fingerprint density at radius 2 is 2.00 bits per heavy atom. The molecule has 0 radical (unpaired) electrons. The van der Waals surface area contributed by atoms with Gasteiger partial charge in [-0.15, -0.1) is 0 Å². The fourth-order valence-corrected chi connectivity index (χ4v) is 6.90. The predicted molar refractivity (Wildman–Crippen MR) is 159 cm³/mol. The first-order valence-electron chi connectivity index (χ1n) is 13.9. The van der Waals surface area contributed by atoms with Gasteiger partial charge in [-0.2, -0.15) is 5.26 Å². The summed E-state index contributed by atoms with van der Waals surface area (Å²) in [5.41, 5.74) is 3.31. The number of hydrogen-bond donors (Lipinski definition) is 3. The normalized spacial score (nSPS) is 19.0. The van der Waals surface area contributed by atoms with Crippen molar-refractivity contribution in [3.05, 3.63) is 70.0 Å². The van der Waals surface area contributed by atoms with Crippen molar-refractivity contribution >= 4 is 44.8 Å². The van der Waals surface area contributed by atoms with E-state index in [0.29, 0.717) is 56.2 Å². The summed E-state index contributed by atoms with van der Waals surface area (Å²) in [5.74, 6) is -1.33. The number of nitriles is 1. The number of fused-ring (bicyclic) bond motifs is 5. The van der Waals surface area contributed by atoms with Crippen molar-refractivity contribution in [1.82, 2.24) is 19.3 Å². The lowest BCUT2D eigenvalue weighted by Gasteiger charge is -2.39. The molecule has 2 saturated heterocycles. The van der Waals surface area contributed by atoms with Crippen LogP contribution in [0.2, 0.25) is 0 Å². The van der Waals surface area contributed by atoms with Gasteiger partial charge in [-0.1, -0.05) is 6.07 Å². The molecular formula is C31H28FN7O3. The third-order valence-corrected chi connectivity index (χ3v) is 9.05. The van der Waals surface area contributed by atoms with Gasteiger partial charge in [0.25, 0.3) is 5.56 Å². The minimum Gasteiger partial charge on any atom is -0.477 e. The van der Waals surface area contributed by atoms with E-state index >= 15 is 4.39 Å². The number of halogens is 1. The van der Waals surface area contributed by atoms with Crippen LogP contribution < -0.4 is 15.8 Å². The van der Waals surface area contributed by atoms with Crippen LogP contribution in [0.15, 0.2) is 47.5 Å². The van der Waals surface area contributed by atoms with Crippen molar-refractivity contribution in [1.29, 1.82) is 5.26 Å². The van der Waals surface area contributed by atoms with Crippen LogP contribution in [-0.4, -0.2) is 70.1 Å². The fraction of sp³-hybridized carbons (Fsp3) is 0.290. The summed E-state index contributed by atoms with van der Waals surface area (Å²) in [6.07, 6.45) is 5.49. The maximum Gasteiger partial charge on any atom is 0.341 e. The van der Waals surface area contributed by atoms with Gasteiger partial charge in [-0.25, -0.2) is 14.2 Å². The van der Waals surface area contributed by atoms with Crippen molar-refractivity contribution in [3.63, 3.8) is 0 Å². The zero-order valence-corrected chi connectivity index (χ0v) is 23.1. The van der Waals surface area contributed by atoms with Crippen molar-refractivity contribution in [2.75, 3.05) is 43.9 Å². The number of likely N-dealkylation sites (tertiary alicyclic amines) is 1. The molecule has 0 amide bonds. The van der Waals surface area contributed by atoms with E-state index in [1.165, 1.54) is 16.5 Å². The minimum atomic E-state index is -1.29. The quantitative estimate of drug-likeness (QED) is 0.295. The number of carboxylic acids is 1. The highest BCUT2D eigenvalue weighted by Crippen LogP contribution is 2.45. The second-order valence-electron chi connectivity index (χ2n) is 11.2. The van der Waals surface area contributed by atoms with E-state index in [1.54, 1.807) is 31.6 Å². The zero-order valence-electron chi connectivity index (χ0n) is 23.1. The van der Waals surface area contributed by atoms with E-state index in [4.69, 9.17) is 4.98 Å². The summed E-state index contributed by atoms with van der Waals surface area (Å²) in [7, 11) is 3.84. The average Bonchev–Trinajstić information content (AvgIpc) is 3.56. The van der Waals surface area contributed by atoms with Gasteiger partial charge in [0.05, 0.1) is 27.8 Å². The minimum absolute atomic E-state index is 0.0656. The molecule has 10 nitrogen and oxygen atoms in total. The van der Waals surface area contributed by atoms with E-state index in [1.807, 2.05) is 6.07 Å². The largest absolute Gasteiger partial charge is 0.477 e. The van der Waals surface area contributed by atoms with Gasteiger partial charge >= 0.3 is 5.97 Å². The maximum absolute atomic E-state index is 15.3. The number of aromatic amines is 1. The molecule has 1 aromatic carbocycles. The number of hydrogen-bond acceptors (Lipinski definition) is 7. The zero-order chi connectivity index (χ0) is 29.3. The predicted octanol–water partition coefficient (Wildman–Crippen LogP) is 4.28. The summed E-state index contributed by atoms with van der Waals surface area (Å²) in [5, 5.41) is 23.7. The molecular weight excluding hydrogens is 537 g/mol. The Bertz CT molecular complexity index is 2040. The van der Waals surface area contributed by atoms with Gasteiger partial charge in [-0.3, -0.25) is 9.20 Å². The van der Waals surface area contributed by atoms with Crippen molar-refractivity contribution in [2.45, 2.75) is 18.9 Å². The van der Waals surface area contributed by atoms with Gasteiger partial charge in [0.1, 0.15) is 23.1 Å². The van der Waals surface area contributed by atoms with Crippen LogP contribution in [-0.2, 0) is 0 Å². The molecule has 4 aromatic heterocycles. The molecule has 7 rings (SSSR count). The number of carboxylic acid groups (broad SMARTS) is 1. The molecule has 6 heterocycles. The van der Waals surface area contributed by atoms with Gasteiger partial charge in [-0.05, 0) is 50.6 Å². The van der Waals surface area contributed by atoms with Crippen molar-refractivity contribution < 1.29 is 14.3 Å². The van der Waals surface area contributed by atoms with E-state index in [9.17, 15) is 20.0 Å². The second kappa shape index (κ2) is 9.56. The summed E-state index contributed by atoms with van der Waals surface area (Å²) < 4.78 is 16.6. The third-order valence-electron chi connectivity index (χ3n) is 9.05. The molecule has 2 aliphatic rings. The molecule has 2 aliphatic heterocycles. The molecule has 0 aliphatic carbocycles. The SMILES string of the molecule is CNc1cc(F)c(C#N)c2c1[nH]c1ncc(-c3ccc4ccc(C(=O)O)c(=O)n4c3)c(N3CCC4CCN(C)C4C3)c12. The van der Waals surface area contributed by atoms with E-state index in [2.05, 4.69) is 33.2 Å². The van der Waals surface area contributed by atoms with Gasteiger partial charge in [0.15, 0.2) is 0 Å². The van der Waals surface area contributed by atoms with Crippen LogP contribution >= 0.6 is 0 Å². The van der Waals surface area contributed by atoms with Crippen LogP contribution in [0.25, 0.3) is 38.6 Å². The Labute approximate surface area is 239 Å². The van der Waals surface area contributed by atoms with Crippen molar-refractivity contribution in [2.24, 2.45) is 5.92 Å². The molecule has 0 bridgehead atoms. The highest BCUT2D eigenvalue weighted by Gasteiger charge is 2.38. The number of pyridine rings is 3.